The molecule has 0 radical (unpaired) electrons. The lowest BCUT2D eigenvalue weighted by atomic mass is 10.0. The van der Waals surface area contributed by atoms with Gasteiger partial charge in [-0.05, 0) is 52.9 Å². The lowest BCUT2D eigenvalue weighted by molar-refractivity contribution is -0.384. The molecule has 0 bridgehead atoms. The van der Waals surface area contributed by atoms with Gasteiger partial charge in [0.15, 0.2) is 0 Å². The normalized spacial score (nSPS) is 11.6. The summed E-state index contributed by atoms with van der Waals surface area (Å²) in [4.78, 5) is 23.1. The summed E-state index contributed by atoms with van der Waals surface area (Å²) in [5.74, 6) is -0.658. The Bertz CT molecular complexity index is 1060. The Balaban J connectivity index is 1.67. The third-order valence-corrected chi connectivity index (χ3v) is 4.46. The summed E-state index contributed by atoms with van der Waals surface area (Å²) in [6, 6.07) is 15.8. The maximum absolute atomic E-state index is 13.5. The number of carbonyl (C=O) groups excluding carboxylic acids is 1. The fourth-order valence-corrected chi connectivity index (χ4v) is 3.30. The highest BCUT2D eigenvalue weighted by atomic mass is 19.1. The average Bonchev–Trinajstić information content (AvgIpc) is 2.99. The Kier molecular flexibility index (Phi) is 3.73. The van der Waals surface area contributed by atoms with Crippen molar-refractivity contribution < 1.29 is 14.1 Å². The van der Waals surface area contributed by atoms with E-state index in [4.69, 9.17) is 0 Å². The molecule has 0 heterocycles. The molecule has 6 heteroatoms. The van der Waals surface area contributed by atoms with Crippen LogP contribution in [0.15, 0.2) is 60.7 Å². The van der Waals surface area contributed by atoms with Crippen LogP contribution < -0.4 is 5.32 Å². The SMILES string of the molecule is O=C(Nc1cccc([N+](=O)[O-])c1)c1cccc2c1Cc1cc(F)ccc1-2. The van der Waals surface area contributed by atoms with E-state index in [2.05, 4.69) is 5.32 Å². The van der Waals surface area contributed by atoms with Gasteiger partial charge in [-0.1, -0.05) is 24.3 Å². The average molecular weight is 348 g/mol. The molecule has 0 atom stereocenters. The fourth-order valence-electron chi connectivity index (χ4n) is 3.30. The number of amides is 1. The molecule has 1 aliphatic rings. The third kappa shape index (κ3) is 2.71. The maximum atomic E-state index is 13.5. The smallest absolute Gasteiger partial charge is 0.271 e. The molecule has 26 heavy (non-hydrogen) atoms. The number of hydrogen-bond donors (Lipinski definition) is 1. The summed E-state index contributed by atoms with van der Waals surface area (Å²) in [6.45, 7) is 0. The van der Waals surface area contributed by atoms with Crippen molar-refractivity contribution in [2.75, 3.05) is 5.32 Å². The van der Waals surface area contributed by atoms with Crippen molar-refractivity contribution in [3.05, 3.63) is 93.3 Å². The summed E-state index contributed by atoms with van der Waals surface area (Å²) in [6.07, 6.45) is 0.473. The number of fused-ring (bicyclic) bond motifs is 3. The Labute approximate surface area is 148 Å². The van der Waals surface area contributed by atoms with Crippen LogP contribution in [0.3, 0.4) is 0 Å². The number of anilines is 1. The molecule has 0 spiro atoms. The Morgan fingerprint density at radius 2 is 1.85 bits per heavy atom. The zero-order chi connectivity index (χ0) is 18.3. The standard InChI is InChI=1S/C20H13FN2O3/c21-13-7-8-16-12(9-13)10-19-17(16)5-2-6-18(19)20(24)22-14-3-1-4-15(11-14)23(25)26/h1-9,11H,10H2,(H,22,24). The summed E-state index contributed by atoms with van der Waals surface area (Å²) >= 11 is 0. The number of nitro benzene ring substituents is 1. The molecule has 0 saturated carbocycles. The minimum Gasteiger partial charge on any atom is -0.322 e. The van der Waals surface area contributed by atoms with E-state index in [1.807, 2.05) is 6.07 Å². The number of nitro groups is 1. The molecule has 1 amide bonds. The molecule has 1 N–H and O–H groups in total. The van der Waals surface area contributed by atoms with E-state index in [0.717, 1.165) is 22.3 Å². The minimum absolute atomic E-state index is 0.0935. The van der Waals surface area contributed by atoms with Gasteiger partial charge in [0.25, 0.3) is 11.6 Å². The van der Waals surface area contributed by atoms with Gasteiger partial charge in [-0.15, -0.1) is 0 Å². The first-order chi connectivity index (χ1) is 12.5. The first-order valence-electron chi connectivity index (χ1n) is 7.99. The summed E-state index contributed by atoms with van der Waals surface area (Å²) in [5, 5.41) is 13.6. The summed E-state index contributed by atoms with van der Waals surface area (Å²) in [7, 11) is 0. The minimum atomic E-state index is -0.513. The van der Waals surface area contributed by atoms with Crippen LogP contribution in [0.4, 0.5) is 15.8 Å². The molecule has 4 rings (SSSR count). The van der Waals surface area contributed by atoms with Crippen molar-refractivity contribution in [3.8, 4) is 11.1 Å². The first kappa shape index (κ1) is 16.0. The molecular formula is C20H13FN2O3. The second-order valence-electron chi connectivity index (χ2n) is 6.07. The lowest BCUT2D eigenvalue weighted by Crippen LogP contribution is -2.14. The van der Waals surface area contributed by atoms with Crippen LogP contribution in [0, 0.1) is 15.9 Å². The van der Waals surface area contributed by atoms with Gasteiger partial charge in [-0.3, -0.25) is 14.9 Å². The highest BCUT2D eigenvalue weighted by Crippen LogP contribution is 2.38. The van der Waals surface area contributed by atoms with Gasteiger partial charge in [-0.25, -0.2) is 4.39 Å². The van der Waals surface area contributed by atoms with Crippen molar-refractivity contribution in [1.82, 2.24) is 0 Å². The second kappa shape index (κ2) is 6.07. The van der Waals surface area contributed by atoms with Crippen LogP contribution in [0.5, 0.6) is 0 Å². The van der Waals surface area contributed by atoms with E-state index in [1.165, 1.54) is 30.3 Å². The van der Waals surface area contributed by atoms with Crippen LogP contribution >= 0.6 is 0 Å². The molecule has 0 fully saturated rings. The molecular weight excluding hydrogens is 335 g/mol. The van der Waals surface area contributed by atoms with Crippen LogP contribution in [0.1, 0.15) is 21.5 Å². The number of hydrogen-bond acceptors (Lipinski definition) is 3. The van der Waals surface area contributed by atoms with Crippen molar-refractivity contribution in [2.45, 2.75) is 6.42 Å². The molecule has 0 aromatic heterocycles. The zero-order valence-electron chi connectivity index (χ0n) is 13.5. The monoisotopic (exact) mass is 348 g/mol. The topological polar surface area (TPSA) is 72.2 Å². The largest absolute Gasteiger partial charge is 0.322 e. The number of rotatable bonds is 3. The number of halogens is 1. The van der Waals surface area contributed by atoms with E-state index >= 15 is 0 Å². The Morgan fingerprint density at radius 1 is 1.04 bits per heavy atom. The molecule has 128 valence electrons. The predicted molar refractivity (Wildman–Crippen MR) is 95.7 cm³/mol. The molecule has 3 aromatic carbocycles. The van der Waals surface area contributed by atoms with Crippen molar-refractivity contribution in [2.24, 2.45) is 0 Å². The molecule has 3 aromatic rings. The number of benzene rings is 3. The van der Waals surface area contributed by atoms with E-state index in [1.54, 1.807) is 24.3 Å². The van der Waals surface area contributed by atoms with Crippen molar-refractivity contribution >= 4 is 17.3 Å². The number of nitrogens with zero attached hydrogens (tertiary/aromatic N) is 1. The Hall–Kier alpha value is -3.54. The first-order valence-corrected chi connectivity index (χ1v) is 7.99. The fraction of sp³-hybridized carbons (Fsp3) is 0.0500. The zero-order valence-corrected chi connectivity index (χ0v) is 13.5. The number of non-ortho nitro benzene ring substituents is 1. The predicted octanol–water partition coefficient (Wildman–Crippen LogP) is 4.56. The highest BCUT2D eigenvalue weighted by molar-refractivity contribution is 6.07. The third-order valence-electron chi connectivity index (χ3n) is 4.46. The van der Waals surface area contributed by atoms with Crippen LogP contribution in [0.2, 0.25) is 0 Å². The number of nitrogens with one attached hydrogen (secondary N) is 1. The van der Waals surface area contributed by atoms with Gasteiger partial charge in [-0.2, -0.15) is 0 Å². The maximum Gasteiger partial charge on any atom is 0.271 e. The van der Waals surface area contributed by atoms with E-state index in [9.17, 15) is 19.3 Å². The van der Waals surface area contributed by atoms with Gasteiger partial charge in [0.05, 0.1) is 4.92 Å². The highest BCUT2D eigenvalue weighted by Gasteiger charge is 2.24. The summed E-state index contributed by atoms with van der Waals surface area (Å²) < 4.78 is 13.5. The van der Waals surface area contributed by atoms with E-state index < -0.39 is 4.92 Å². The second-order valence-corrected chi connectivity index (χ2v) is 6.07. The molecule has 1 aliphatic carbocycles. The Morgan fingerprint density at radius 3 is 2.65 bits per heavy atom. The van der Waals surface area contributed by atoms with Gasteiger partial charge < -0.3 is 5.32 Å². The van der Waals surface area contributed by atoms with E-state index in [0.29, 0.717) is 17.7 Å². The van der Waals surface area contributed by atoms with Crippen LogP contribution in [-0.2, 0) is 6.42 Å². The van der Waals surface area contributed by atoms with E-state index in [-0.39, 0.29) is 17.4 Å². The quantitative estimate of drug-likeness (QED) is 0.436. The van der Waals surface area contributed by atoms with Gasteiger partial charge in [0, 0.05) is 23.4 Å². The molecule has 5 nitrogen and oxygen atoms in total. The van der Waals surface area contributed by atoms with Crippen molar-refractivity contribution in [1.29, 1.82) is 0 Å². The molecule has 0 unspecified atom stereocenters. The van der Waals surface area contributed by atoms with Crippen LogP contribution in [-0.4, -0.2) is 10.8 Å². The van der Waals surface area contributed by atoms with Gasteiger partial charge in [0.1, 0.15) is 5.82 Å². The molecule has 0 saturated heterocycles. The lowest BCUT2D eigenvalue weighted by Gasteiger charge is -2.09. The van der Waals surface area contributed by atoms with Crippen LogP contribution in [0.25, 0.3) is 11.1 Å². The summed E-state index contributed by atoms with van der Waals surface area (Å²) in [5.41, 5.74) is 4.24. The number of carbonyl (C=O) groups is 1. The van der Waals surface area contributed by atoms with Gasteiger partial charge in [0.2, 0.25) is 0 Å². The van der Waals surface area contributed by atoms with Crippen molar-refractivity contribution in [3.63, 3.8) is 0 Å². The molecule has 0 aliphatic heterocycles. The van der Waals surface area contributed by atoms with Gasteiger partial charge >= 0.3 is 0 Å².